The summed E-state index contributed by atoms with van der Waals surface area (Å²) in [5.41, 5.74) is 2.67. The average Bonchev–Trinajstić information content (AvgIpc) is 2.72. The molecule has 0 aliphatic rings. The quantitative estimate of drug-likeness (QED) is 0.671. The number of hydrogen-bond acceptors (Lipinski definition) is 2. The van der Waals surface area contributed by atoms with E-state index in [1.807, 2.05) is 18.2 Å². The Kier molecular flexibility index (Phi) is 3.29. The van der Waals surface area contributed by atoms with Gasteiger partial charge < -0.3 is 0 Å². The molecule has 5 heteroatoms. The number of aryl methyl sites for hydroxylation is 2. The van der Waals surface area contributed by atoms with Gasteiger partial charge in [0.25, 0.3) is 0 Å². The average molecular weight is 345 g/mol. The molecule has 1 aromatic heterocycles. The zero-order valence-electron chi connectivity index (χ0n) is 11.6. The van der Waals surface area contributed by atoms with Crippen molar-refractivity contribution in [2.24, 2.45) is 14.1 Å². The topological polar surface area (TPSA) is 44.0 Å². The Morgan fingerprint density at radius 3 is 2.14 bits per heavy atom. The third-order valence-corrected chi connectivity index (χ3v) is 4.17. The van der Waals surface area contributed by atoms with E-state index < -0.39 is 0 Å². The molecule has 106 valence electrons. The molecule has 2 aromatic carbocycles. The summed E-state index contributed by atoms with van der Waals surface area (Å²) in [7, 11) is 3.43. The fraction of sp³-hybridized carbons (Fsp3) is 0.125. The fourth-order valence-electron chi connectivity index (χ4n) is 2.42. The number of fused-ring (bicyclic) bond motifs is 1. The lowest BCUT2D eigenvalue weighted by Crippen LogP contribution is -2.19. The number of carbonyl (C=O) groups excluding carboxylic acids is 1. The van der Waals surface area contributed by atoms with Crippen LogP contribution in [0.4, 0.5) is 0 Å². The second-order valence-corrected chi connectivity index (χ2v) is 5.86. The van der Waals surface area contributed by atoms with Gasteiger partial charge >= 0.3 is 5.69 Å². The molecule has 1 heterocycles. The van der Waals surface area contributed by atoms with Crippen molar-refractivity contribution in [2.45, 2.75) is 0 Å². The van der Waals surface area contributed by atoms with E-state index in [0.29, 0.717) is 11.1 Å². The first kappa shape index (κ1) is 13.8. The van der Waals surface area contributed by atoms with Crippen molar-refractivity contribution in [1.82, 2.24) is 9.13 Å². The van der Waals surface area contributed by atoms with Gasteiger partial charge in [0, 0.05) is 29.7 Å². The van der Waals surface area contributed by atoms with Crippen LogP contribution in [0.3, 0.4) is 0 Å². The van der Waals surface area contributed by atoms with Gasteiger partial charge in [-0.25, -0.2) is 4.79 Å². The second kappa shape index (κ2) is 5.00. The van der Waals surface area contributed by atoms with E-state index in [-0.39, 0.29) is 11.5 Å². The van der Waals surface area contributed by atoms with Gasteiger partial charge in [0.15, 0.2) is 5.78 Å². The molecule has 0 radical (unpaired) electrons. The summed E-state index contributed by atoms with van der Waals surface area (Å²) in [6, 6.07) is 12.6. The van der Waals surface area contributed by atoms with Crippen LogP contribution in [0.5, 0.6) is 0 Å². The van der Waals surface area contributed by atoms with Crippen molar-refractivity contribution in [1.29, 1.82) is 0 Å². The fourth-order valence-corrected chi connectivity index (χ4v) is 2.68. The summed E-state index contributed by atoms with van der Waals surface area (Å²) < 4.78 is 4.05. The predicted molar refractivity (Wildman–Crippen MR) is 85.7 cm³/mol. The minimum absolute atomic E-state index is 0.0549. The molecule has 0 bridgehead atoms. The Bertz CT molecular complexity index is 904. The molecule has 0 spiro atoms. The summed E-state index contributed by atoms with van der Waals surface area (Å²) in [5.74, 6) is -0.0549. The third kappa shape index (κ3) is 2.23. The number of nitrogens with zero attached hydrogens (tertiary/aromatic N) is 2. The maximum Gasteiger partial charge on any atom is 0.328 e. The largest absolute Gasteiger partial charge is 0.328 e. The number of aromatic nitrogens is 2. The Morgan fingerprint density at radius 2 is 1.48 bits per heavy atom. The SMILES string of the molecule is Cn1c(=O)n(C)c2cc(C(=O)c3ccc(Br)cc3)ccc21. The van der Waals surface area contributed by atoms with Crippen LogP contribution >= 0.6 is 15.9 Å². The highest BCUT2D eigenvalue weighted by Crippen LogP contribution is 2.18. The van der Waals surface area contributed by atoms with Crippen LogP contribution in [-0.4, -0.2) is 14.9 Å². The van der Waals surface area contributed by atoms with Crippen molar-refractivity contribution < 1.29 is 4.79 Å². The molecule has 3 aromatic rings. The molecule has 0 saturated heterocycles. The van der Waals surface area contributed by atoms with Gasteiger partial charge in [-0.3, -0.25) is 13.9 Å². The molecule has 0 N–H and O–H groups in total. The standard InChI is InChI=1S/C16H13BrN2O2/c1-18-13-8-5-11(9-14(13)19(2)16(18)21)15(20)10-3-6-12(17)7-4-10/h3-9H,1-2H3. The zero-order valence-corrected chi connectivity index (χ0v) is 13.2. The van der Waals surface area contributed by atoms with E-state index in [9.17, 15) is 9.59 Å². The molecule has 0 fully saturated rings. The van der Waals surface area contributed by atoms with Crippen molar-refractivity contribution in [2.75, 3.05) is 0 Å². The highest BCUT2D eigenvalue weighted by Gasteiger charge is 2.13. The van der Waals surface area contributed by atoms with Gasteiger partial charge in [-0.15, -0.1) is 0 Å². The predicted octanol–water partition coefficient (Wildman–Crippen LogP) is 2.87. The van der Waals surface area contributed by atoms with Gasteiger partial charge in [-0.2, -0.15) is 0 Å². The van der Waals surface area contributed by atoms with E-state index in [1.54, 1.807) is 47.5 Å². The number of rotatable bonds is 2. The van der Waals surface area contributed by atoms with Gasteiger partial charge in [0.2, 0.25) is 0 Å². The summed E-state index contributed by atoms with van der Waals surface area (Å²) in [5, 5.41) is 0. The first-order valence-electron chi connectivity index (χ1n) is 6.45. The minimum atomic E-state index is -0.0989. The molecular weight excluding hydrogens is 332 g/mol. The Balaban J connectivity index is 2.13. The number of imidazole rings is 1. The van der Waals surface area contributed by atoms with E-state index in [1.165, 1.54) is 0 Å². The van der Waals surface area contributed by atoms with Crippen molar-refractivity contribution in [3.63, 3.8) is 0 Å². The lowest BCUT2D eigenvalue weighted by atomic mass is 10.0. The number of benzene rings is 2. The lowest BCUT2D eigenvalue weighted by Gasteiger charge is -2.03. The highest BCUT2D eigenvalue weighted by atomic mass is 79.9. The molecule has 3 rings (SSSR count). The third-order valence-electron chi connectivity index (χ3n) is 3.64. The zero-order chi connectivity index (χ0) is 15.1. The highest BCUT2D eigenvalue weighted by molar-refractivity contribution is 9.10. The number of hydrogen-bond donors (Lipinski definition) is 0. The van der Waals surface area contributed by atoms with Gasteiger partial charge in [-0.05, 0) is 42.5 Å². The minimum Gasteiger partial charge on any atom is -0.295 e. The van der Waals surface area contributed by atoms with E-state index in [0.717, 1.165) is 15.5 Å². The van der Waals surface area contributed by atoms with Crippen molar-refractivity contribution >= 4 is 32.7 Å². The van der Waals surface area contributed by atoms with Crippen LogP contribution in [0.2, 0.25) is 0 Å². The molecule has 0 unspecified atom stereocenters. The van der Waals surface area contributed by atoms with Gasteiger partial charge in [0.05, 0.1) is 11.0 Å². The van der Waals surface area contributed by atoms with E-state index >= 15 is 0 Å². The maximum absolute atomic E-state index is 12.5. The summed E-state index contributed by atoms with van der Waals surface area (Å²) in [6.45, 7) is 0. The van der Waals surface area contributed by atoms with Crippen LogP contribution in [0.15, 0.2) is 51.7 Å². The van der Waals surface area contributed by atoms with Crippen LogP contribution in [0.25, 0.3) is 11.0 Å². The molecule has 0 aliphatic carbocycles. The van der Waals surface area contributed by atoms with E-state index in [4.69, 9.17) is 0 Å². The molecule has 0 aliphatic heterocycles. The van der Waals surface area contributed by atoms with Crippen LogP contribution in [0, 0.1) is 0 Å². The molecule has 0 saturated carbocycles. The Labute approximate surface area is 129 Å². The summed E-state index contributed by atoms with van der Waals surface area (Å²) in [4.78, 5) is 24.4. The van der Waals surface area contributed by atoms with Crippen molar-refractivity contribution in [3.05, 3.63) is 68.5 Å². The van der Waals surface area contributed by atoms with Gasteiger partial charge in [0.1, 0.15) is 0 Å². The lowest BCUT2D eigenvalue weighted by molar-refractivity contribution is 0.103. The second-order valence-electron chi connectivity index (χ2n) is 4.94. The molecule has 21 heavy (non-hydrogen) atoms. The van der Waals surface area contributed by atoms with E-state index in [2.05, 4.69) is 15.9 Å². The first-order chi connectivity index (χ1) is 9.99. The molecule has 4 nitrogen and oxygen atoms in total. The smallest absolute Gasteiger partial charge is 0.295 e. The van der Waals surface area contributed by atoms with Crippen LogP contribution in [0.1, 0.15) is 15.9 Å². The summed E-state index contributed by atoms with van der Waals surface area (Å²) in [6.07, 6.45) is 0. The first-order valence-corrected chi connectivity index (χ1v) is 7.24. The van der Waals surface area contributed by atoms with Crippen LogP contribution in [-0.2, 0) is 14.1 Å². The molecule has 0 amide bonds. The molecular formula is C16H13BrN2O2. The monoisotopic (exact) mass is 344 g/mol. The Morgan fingerprint density at radius 1 is 0.905 bits per heavy atom. The van der Waals surface area contributed by atoms with Gasteiger partial charge in [-0.1, -0.05) is 15.9 Å². The van der Waals surface area contributed by atoms with Crippen molar-refractivity contribution in [3.8, 4) is 0 Å². The Hall–Kier alpha value is -2.14. The number of ketones is 1. The number of halogens is 1. The normalized spacial score (nSPS) is 11.0. The molecule has 0 atom stereocenters. The summed E-state index contributed by atoms with van der Waals surface area (Å²) >= 11 is 3.35. The van der Waals surface area contributed by atoms with Crippen LogP contribution < -0.4 is 5.69 Å². The number of carbonyl (C=O) groups is 1. The maximum atomic E-state index is 12.5.